The van der Waals surface area contributed by atoms with Crippen molar-refractivity contribution in [3.8, 4) is 0 Å². The number of benzene rings is 2. The number of aliphatic carboxylic acids is 1. The third-order valence-electron chi connectivity index (χ3n) is 5.28. The maximum absolute atomic E-state index is 10.7. The van der Waals surface area contributed by atoms with Crippen molar-refractivity contribution >= 4 is 5.97 Å². The molecule has 1 unspecified atom stereocenters. The molecule has 0 heterocycles. The zero-order valence-electron chi connectivity index (χ0n) is 17.4. The number of carbonyl (C=O) groups is 1. The largest absolute Gasteiger partial charge is 0.481 e. The lowest BCUT2D eigenvalue weighted by Crippen LogP contribution is -2.22. The first-order chi connectivity index (χ1) is 14.2. The Kier molecular flexibility index (Phi) is 11.1. The fraction of sp³-hybridized carbons (Fsp3) is 0.480. The van der Waals surface area contributed by atoms with Gasteiger partial charge in [0.05, 0.1) is 6.10 Å². The predicted octanol–water partition coefficient (Wildman–Crippen LogP) is 4.91. The topological polar surface area (TPSA) is 69.6 Å². The number of aliphatic hydroxyl groups excluding tert-OH is 1. The molecular weight excluding hydrogens is 362 g/mol. The van der Waals surface area contributed by atoms with Gasteiger partial charge in [-0.25, -0.2) is 0 Å². The van der Waals surface area contributed by atoms with E-state index in [1.54, 1.807) is 0 Å². The molecule has 4 heteroatoms. The summed E-state index contributed by atoms with van der Waals surface area (Å²) in [5.41, 5.74) is 3.63. The average Bonchev–Trinajstić information content (AvgIpc) is 2.73. The van der Waals surface area contributed by atoms with Gasteiger partial charge in [0.25, 0.3) is 0 Å². The van der Waals surface area contributed by atoms with Gasteiger partial charge in [-0.15, -0.1) is 0 Å². The zero-order valence-corrected chi connectivity index (χ0v) is 17.4. The molecule has 1 atom stereocenters. The van der Waals surface area contributed by atoms with E-state index in [2.05, 4.69) is 23.5 Å². The van der Waals surface area contributed by atoms with E-state index in [0.29, 0.717) is 13.0 Å². The van der Waals surface area contributed by atoms with Crippen molar-refractivity contribution in [2.45, 2.75) is 63.9 Å². The van der Waals surface area contributed by atoms with Crippen LogP contribution in [0.3, 0.4) is 0 Å². The van der Waals surface area contributed by atoms with E-state index in [9.17, 15) is 9.90 Å². The molecule has 0 radical (unpaired) electrons. The van der Waals surface area contributed by atoms with Gasteiger partial charge >= 0.3 is 5.97 Å². The number of carboxylic acids is 1. The van der Waals surface area contributed by atoms with Crippen LogP contribution in [0.2, 0.25) is 0 Å². The molecule has 3 N–H and O–H groups in total. The molecule has 29 heavy (non-hydrogen) atoms. The van der Waals surface area contributed by atoms with E-state index in [-0.39, 0.29) is 6.42 Å². The Morgan fingerprint density at radius 3 is 2.07 bits per heavy atom. The van der Waals surface area contributed by atoms with E-state index in [1.807, 2.05) is 36.4 Å². The molecule has 0 aromatic heterocycles. The van der Waals surface area contributed by atoms with E-state index in [1.165, 1.54) is 36.8 Å². The van der Waals surface area contributed by atoms with Crippen LogP contribution < -0.4 is 5.32 Å². The summed E-state index contributed by atoms with van der Waals surface area (Å²) < 4.78 is 0. The zero-order chi connectivity index (χ0) is 20.7. The highest BCUT2D eigenvalue weighted by molar-refractivity contribution is 5.66. The van der Waals surface area contributed by atoms with Gasteiger partial charge in [0.15, 0.2) is 0 Å². The molecule has 4 nitrogen and oxygen atoms in total. The first kappa shape index (κ1) is 23.1. The average molecular weight is 398 g/mol. The van der Waals surface area contributed by atoms with Gasteiger partial charge in [0, 0.05) is 13.0 Å². The summed E-state index contributed by atoms with van der Waals surface area (Å²) in [7, 11) is 0. The smallest absolute Gasteiger partial charge is 0.303 e. The Bertz CT molecular complexity index is 702. The van der Waals surface area contributed by atoms with Gasteiger partial charge in [0.2, 0.25) is 0 Å². The van der Waals surface area contributed by atoms with Crippen molar-refractivity contribution in [1.82, 2.24) is 5.32 Å². The molecule has 0 spiro atoms. The van der Waals surface area contributed by atoms with Gasteiger partial charge in [-0.05, 0) is 55.3 Å². The quantitative estimate of drug-likeness (QED) is 0.374. The normalized spacial score (nSPS) is 12.0. The van der Waals surface area contributed by atoms with Crippen molar-refractivity contribution in [3.05, 3.63) is 71.3 Å². The highest BCUT2D eigenvalue weighted by Crippen LogP contribution is 2.16. The molecule has 2 aromatic rings. The molecule has 158 valence electrons. The third kappa shape index (κ3) is 9.73. The Morgan fingerprint density at radius 2 is 1.38 bits per heavy atom. The standard InChI is InChI=1S/C25H35NO3/c27-24(23-15-6-4-7-16-23)20-26-19-10-3-1-2-5-12-21-13-8-9-14-22(21)17-11-18-25(28)29/h4,6-9,13-16,24,26-27H,1-3,5,10-12,17-20H2,(H,28,29). The first-order valence-corrected chi connectivity index (χ1v) is 10.9. The van der Waals surface area contributed by atoms with Crippen molar-refractivity contribution < 1.29 is 15.0 Å². The van der Waals surface area contributed by atoms with E-state index >= 15 is 0 Å². The number of rotatable bonds is 15. The fourth-order valence-electron chi connectivity index (χ4n) is 3.60. The van der Waals surface area contributed by atoms with Crippen LogP contribution in [0.15, 0.2) is 54.6 Å². The summed E-state index contributed by atoms with van der Waals surface area (Å²) in [6, 6.07) is 18.2. The molecule has 0 aliphatic carbocycles. The predicted molar refractivity (Wildman–Crippen MR) is 118 cm³/mol. The maximum atomic E-state index is 10.7. The Balaban J connectivity index is 1.51. The monoisotopic (exact) mass is 397 g/mol. The molecule has 0 saturated carbocycles. The minimum Gasteiger partial charge on any atom is -0.481 e. The Labute approximate surface area is 175 Å². The van der Waals surface area contributed by atoms with Crippen LogP contribution in [0.4, 0.5) is 0 Å². The van der Waals surface area contributed by atoms with E-state index in [0.717, 1.165) is 31.4 Å². The second-order valence-corrected chi connectivity index (χ2v) is 7.66. The molecule has 0 saturated heterocycles. The highest BCUT2D eigenvalue weighted by atomic mass is 16.4. The number of aryl methyl sites for hydroxylation is 2. The number of unbranched alkanes of at least 4 members (excludes halogenated alkanes) is 4. The van der Waals surface area contributed by atoms with Crippen molar-refractivity contribution in [2.75, 3.05) is 13.1 Å². The summed E-state index contributed by atoms with van der Waals surface area (Å²) in [4.78, 5) is 10.7. The maximum Gasteiger partial charge on any atom is 0.303 e. The number of hydrogen-bond donors (Lipinski definition) is 3. The van der Waals surface area contributed by atoms with Gasteiger partial charge in [0.1, 0.15) is 0 Å². The minimum absolute atomic E-state index is 0.241. The summed E-state index contributed by atoms with van der Waals surface area (Å²) in [6.07, 6.45) is 8.39. The molecule has 2 rings (SSSR count). The van der Waals surface area contributed by atoms with Crippen molar-refractivity contribution in [3.63, 3.8) is 0 Å². The van der Waals surface area contributed by atoms with Gasteiger partial charge in [-0.1, -0.05) is 73.9 Å². The number of hydrogen-bond acceptors (Lipinski definition) is 3. The van der Waals surface area contributed by atoms with Gasteiger partial charge < -0.3 is 15.5 Å². The van der Waals surface area contributed by atoms with Crippen LogP contribution in [0.1, 0.15) is 67.7 Å². The highest BCUT2D eigenvalue weighted by Gasteiger charge is 2.06. The molecule has 2 aromatic carbocycles. The van der Waals surface area contributed by atoms with Crippen LogP contribution in [0.25, 0.3) is 0 Å². The summed E-state index contributed by atoms with van der Waals surface area (Å²) in [5.74, 6) is -0.716. The molecule has 0 fully saturated rings. The Hall–Kier alpha value is -2.17. The molecule has 0 bridgehead atoms. The number of aliphatic hydroxyl groups is 1. The van der Waals surface area contributed by atoms with Crippen LogP contribution in [-0.4, -0.2) is 29.3 Å². The summed E-state index contributed by atoms with van der Waals surface area (Å²) >= 11 is 0. The lowest BCUT2D eigenvalue weighted by atomic mass is 9.97. The van der Waals surface area contributed by atoms with Crippen LogP contribution in [0, 0.1) is 0 Å². The summed E-state index contributed by atoms with van der Waals surface area (Å²) in [5, 5.41) is 22.3. The third-order valence-corrected chi connectivity index (χ3v) is 5.28. The number of carboxylic acid groups (broad SMARTS) is 1. The number of nitrogens with one attached hydrogen (secondary N) is 1. The second-order valence-electron chi connectivity index (χ2n) is 7.66. The van der Waals surface area contributed by atoms with Crippen molar-refractivity contribution in [1.29, 1.82) is 0 Å². The minimum atomic E-state index is -0.716. The van der Waals surface area contributed by atoms with Crippen LogP contribution in [-0.2, 0) is 17.6 Å². The van der Waals surface area contributed by atoms with E-state index < -0.39 is 12.1 Å². The van der Waals surface area contributed by atoms with Gasteiger partial charge in [-0.3, -0.25) is 4.79 Å². The van der Waals surface area contributed by atoms with Crippen LogP contribution >= 0.6 is 0 Å². The summed E-state index contributed by atoms with van der Waals surface area (Å²) in [6.45, 7) is 1.54. The second kappa shape index (κ2) is 13.9. The fourth-order valence-corrected chi connectivity index (χ4v) is 3.60. The SMILES string of the molecule is O=C(O)CCCc1ccccc1CCCCCCCNCC(O)c1ccccc1. The lowest BCUT2D eigenvalue weighted by molar-refractivity contribution is -0.137. The van der Waals surface area contributed by atoms with E-state index in [4.69, 9.17) is 5.11 Å². The molecule has 0 aliphatic heterocycles. The van der Waals surface area contributed by atoms with Crippen LogP contribution in [0.5, 0.6) is 0 Å². The molecular formula is C25H35NO3. The molecule has 0 amide bonds. The molecule has 0 aliphatic rings. The van der Waals surface area contributed by atoms with Gasteiger partial charge in [-0.2, -0.15) is 0 Å². The van der Waals surface area contributed by atoms with Crippen molar-refractivity contribution in [2.24, 2.45) is 0 Å². The first-order valence-electron chi connectivity index (χ1n) is 10.9. The lowest BCUT2D eigenvalue weighted by Gasteiger charge is -2.12. The Morgan fingerprint density at radius 1 is 0.793 bits per heavy atom.